The number of hydrogen-bond donors (Lipinski definition) is 6. The third-order valence-corrected chi connectivity index (χ3v) is 7.50. The first-order chi connectivity index (χ1) is 17.5. The number of rotatable bonds is 5. The maximum atomic E-state index is 13.7. The Kier molecular flexibility index (Phi) is 5.52. The summed E-state index contributed by atoms with van der Waals surface area (Å²) in [6.07, 6.45) is 1.33. The molecule has 0 aliphatic heterocycles. The number of Topliss-reactive ketones (excluding diaryl/α,β-unsaturated/α-hetero) is 2. The second-order valence-electron chi connectivity index (χ2n) is 9.80. The molecule has 37 heavy (non-hydrogen) atoms. The predicted octanol–water partition coefficient (Wildman–Crippen LogP) is 1.09. The van der Waals surface area contributed by atoms with Gasteiger partial charge in [0.1, 0.15) is 29.1 Å². The number of phenols is 1. The van der Waals surface area contributed by atoms with E-state index < -0.39 is 52.0 Å². The molecule has 1 saturated carbocycles. The smallest absolute Gasteiger partial charge is 0.255 e. The van der Waals surface area contributed by atoms with Gasteiger partial charge in [-0.05, 0) is 30.4 Å². The molecule has 5 rings (SSSR count). The molecule has 0 radical (unpaired) electrons. The van der Waals surface area contributed by atoms with Gasteiger partial charge < -0.3 is 40.9 Å². The largest absolute Gasteiger partial charge is 0.508 e. The van der Waals surface area contributed by atoms with Crippen molar-refractivity contribution in [2.24, 2.45) is 17.6 Å². The third-order valence-electron chi connectivity index (χ3n) is 7.50. The Hall–Kier alpha value is -4.32. The molecule has 3 aliphatic rings. The van der Waals surface area contributed by atoms with E-state index in [9.17, 15) is 34.8 Å². The number of amides is 1. The second kappa shape index (κ2) is 8.37. The molecule has 1 heterocycles. The third kappa shape index (κ3) is 3.47. The summed E-state index contributed by atoms with van der Waals surface area (Å²) in [5, 5.41) is 51.4. The van der Waals surface area contributed by atoms with Crippen molar-refractivity contribution in [3.63, 3.8) is 0 Å². The summed E-state index contributed by atoms with van der Waals surface area (Å²) in [6, 6.07) is 3.36. The molecule has 7 N–H and O–H groups in total. The molecular weight excluding hydrogens is 484 g/mol. The van der Waals surface area contributed by atoms with Crippen molar-refractivity contribution < 1.29 is 39.3 Å². The first kappa shape index (κ1) is 24.4. The van der Waals surface area contributed by atoms with Crippen LogP contribution in [0, 0.1) is 11.8 Å². The summed E-state index contributed by atoms with van der Waals surface area (Å²) in [4.78, 5) is 39.8. The lowest BCUT2D eigenvalue weighted by Crippen LogP contribution is -2.58. The number of nitrogens with zero attached hydrogens (tertiary/aromatic N) is 2. The Balaban J connectivity index is 1.66. The van der Waals surface area contributed by atoms with Crippen LogP contribution in [0.25, 0.3) is 5.76 Å². The summed E-state index contributed by atoms with van der Waals surface area (Å²) in [5.74, 6) is -6.11. The molecule has 3 aliphatic carbocycles. The topological polar surface area (TPSA) is 199 Å². The van der Waals surface area contributed by atoms with Gasteiger partial charge in [-0.1, -0.05) is 5.16 Å². The van der Waals surface area contributed by atoms with Crippen LogP contribution in [-0.4, -0.2) is 62.8 Å². The minimum atomic E-state index is -2.60. The normalized spacial score (nSPS) is 24.9. The van der Waals surface area contributed by atoms with E-state index in [0.29, 0.717) is 22.6 Å². The number of fused-ring (bicyclic) bond motifs is 3. The number of aromatic nitrogens is 1. The van der Waals surface area contributed by atoms with Gasteiger partial charge in [0.05, 0.1) is 5.56 Å². The van der Waals surface area contributed by atoms with E-state index in [1.54, 1.807) is 26.2 Å². The van der Waals surface area contributed by atoms with Gasteiger partial charge >= 0.3 is 0 Å². The highest BCUT2D eigenvalue weighted by Gasteiger charge is 2.60. The number of carbonyl (C=O) groups is 3. The summed E-state index contributed by atoms with van der Waals surface area (Å²) >= 11 is 0. The van der Waals surface area contributed by atoms with E-state index in [4.69, 9.17) is 10.3 Å². The lowest BCUT2D eigenvalue weighted by atomic mass is 9.59. The van der Waals surface area contributed by atoms with Crippen molar-refractivity contribution in [2.45, 2.75) is 31.4 Å². The molecule has 194 valence electrons. The summed E-state index contributed by atoms with van der Waals surface area (Å²) in [5.41, 5.74) is 3.36. The van der Waals surface area contributed by atoms with Crippen LogP contribution in [-0.2, 0) is 27.3 Å². The fourth-order valence-corrected chi connectivity index (χ4v) is 5.75. The molecule has 0 spiro atoms. The molecule has 1 fully saturated rings. The number of aromatic hydroxyl groups is 1. The van der Waals surface area contributed by atoms with Gasteiger partial charge in [0, 0.05) is 55.9 Å². The molecule has 0 saturated heterocycles. The Bertz CT molecular complexity index is 1410. The van der Waals surface area contributed by atoms with Crippen molar-refractivity contribution in [3.8, 4) is 5.75 Å². The molecule has 0 bridgehead atoms. The van der Waals surface area contributed by atoms with Crippen LogP contribution < -0.4 is 16.0 Å². The van der Waals surface area contributed by atoms with Gasteiger partial charge in [-0.2, -0.15) is 0 Å². The Morgan fingerprint density at radius 3 is 2.62 bits per heavy atom. The number of primary amides is 1. The number of ketones is 2. The maximum Gasteiger partial charge on any atom is 0.255 e. The first-order valence-corrected chi connectivity index (χ1v) is 11.6. The van der Waals surface area contributed by atoms with Gasteiger partial charge in [-0.3, -0.25) is 14.4 Å². The summed E-state index contributed by atoms with van der Waals surface area (Å²) in [7, 11) is 3.60. The van der Waals surface area contributed by atoms with Crippen LogP contribution >= 0.6 is 0 Å². The van der Waals surface area contributed by atoms with Crippen LogP contribution in [0.3, 0.4) is 0 Å². The highest BCUT2D eigenvalue weighted by Crippen LogP contribution is 2.53. The van der Waals surface area contributed by atoms with Gasteiger partial charge in [0.25, 0.3) is 5.91 Å². The fourth-order valence-electron chi connectivity index (χ4n) is 5.75. The number of anilines is 2. The quantitative estimate of drug-likeness (QED) is 0.315. The van der Waals surface area contributed by atoms with E-state index in [-0.39, 0.29) is 42.7 Å². The highest BCUT2D eigenvalue weighted by molar-refractivity contribution is 6.22. The Labute approximate surface area is 210 Å². The number of phenolic OH excluding ortho intramolecular Hbond substituents is 1. The van der Waals surface area contributed by atoms with Crippen molar-refractivity contribution in [1.29, 1.82) is 0 Å². The first-order valence-electron chi connectivity index (χ1n) is 11.6. The molecule has 3 atom stereocenters. The predicted molar refractivity (Wildman–Crippen MR) is 130 cm³/mol. The van der Waals surface area contributed by atoms with Crippen molar-refractivity contribution in [3.05, 3.63) is 52.0 Å². The SMILES string of the molecule is CN(C)c1cc(CNc2ccon2)c(O)c2c1C[C@H]1C[C@H]3CC(=O)C(C(N)=O)=C(O)[C@@]3(O)C(=O)C1=C2O. The number of carbonyl (C=O) groups excluding carboxylic acids is 3. The van der Waals surface area contributed by atoms with E-state index in [1.165, 1.54) is 6.26 Å². The number of nitrogens with one attached hydrogen (secondary N) is 1. The minimum Gasteiger partial charge on any atom is -0.508 e. The molecule has 1 aromatic carbocycles. The zero-order valence-corrected chi connectivity index (χ0v) is 20.1. The fraction of sp³-hybridized carbons (Fsp3) is 0.360. The minimum absolute atomic E-state index is 0.0373. The number of nitrogens with two attached hydrogens (primary N) is 1. The summed E-state index contributed by atoms with van der Waals surface area (Å²) < 4.78 is 4.80. The standard InChI is InChI=1S/C25H26N4O8/c1-29(2)14-7-11(9-27-16-3-4-37-28-16)20(31)18-13(14)6-10-5-12-8-15(30)19(24(26)35)23(34)25(12,36)22(33)17(10)21(18)32/h3-4,7,10,12,31-32,34,36H,5-6,8-9H2,1-2H3,(H2,26,35)(H,27,28)/t10-,12+,25+/m1/s1. The highest BCUT2D eigenvalue weighted by atomic mass is 16.5. The molecule has 12 heteroatoms. The average molecular weight is 511 g/mol. The van der Waals surface area contributed by atoms with Crippen LogP contribution in [0.4, 0.5) is 11.5 Å². The monoisotopic (exact) mass is 510 g/mol. The van der Waals surface area contributed by atoms with Crippen LogP contribution in [0.1, 0.15) is 29.5 Å². The molecule has 1 aromatic heterocycles. The molecular formula is C25H26N4O8. The number of hydrogen-bond acceptors (Lipinski definition) is 11. The zero-order valence-electron chi connectivity index (χ0n) is 20.1. The average Bonchev–Trinajstić information content (AvgIpc) is 3.34. The van der Waals surface area contributed by atoms with Gasteiger partial charge in [-0.25, -0.2) is 0 Å². The Morgan fingerprint density at radius 1 is 1.27 bits per heavy atom. The van der Waals surface area contributed by atoms with Crippen molar-refractivity contribution >= 4 is 34.7 Å². The van der Waals surface area contributed by atoms with Gasteiger partial charge in [-0.15, -0.1) is 0 Å². The number of benzene rings is 1. The zero-order chi connectivity index (χ0) is 26.8. The Morgan fingerprint density at radius 2 is 2.00 bits per heavy atom. The van der Waals surface area contributed by atoms with Crippen LogP contribution in [0.15, 0.2) is 39.8 Å². The molecule has 2 aromatic rings. The van der Waals surface area contributed by atoms with E-state index >= 15 is 0 Å². The number of aliphatic hydroxyl groups is 3. The van der Waals surface area contributed by atoms with E-state index in [2.05, 4.69) is 10.5 Å². The second-order valence-corrected chi connectivity index (χ2v) is 9.80. The summed E-state index contributed by atoms with van der Waals surface area (Å²) in [6.45, 7) is 0.117. The van der Waals surface area contributed by atoms with Crippen molar-refractivity contribution in [1.82, 2.24) is 5.16 Å². The van der Waals surface area contributed by atoms with Gasteiger partial charge in [0.2, 0.25) is 5.78 Å². The lowest BCUT2D eigenvalue weighted by molar-refractivity contribution is -0.147. The van der Waals surface area contributed by atoms with Crippen molar-refractivity contribution in [2.75, 3.05) is 24.3 Å². The van der Waals surface area contributed by atoms with E-state index in [1.807, 2.05) is 4.90 Å². The molecule has 12 nitrogen and oxygen atoms in total. The van der Waals surface area contributed by atoms with Gasteiger partial charge in [0.15, 0.2) is 17.2 Å². The lowest BCUT2D eigenvalue weighted by Gasteiger charge is -2.46. The maximum absolute atomic E-state index is 13.7. The van der Waals surface area contributed by atoms with Crippen LogP contribution in [0.2, 0.25) is 0 Å². The molecule has 1 amide bonds. The number of aliphatic hydroxyl groups excluding tert-OH is 2. The molecule has 0 unspecified atom stereocenters. The van der Waals surface area contributed by atoms with Crippen LogP contribution in [0.5, 0.6) is 5.75 Å². The van der Waals surface area contributed by atoms with E-state index in [0.717, 1.165) is 0 Å².